The van der Waals surface area contributed by atoms with E-state index in [1.165, 1.54) is 11.3 Å². The lowest BCUT2D eigenvalue weighted by molar-refractivity contribution is -0.139. The number of hydrogen-bond acceptors (Lipinski definition) is 6. The topological polar surface area (TPSA) is 63.9 Å². The molecule has 2 aromatic carbocycles. The smallest absolute Gasteiger partial charge is 0.338 e. The number of rotatable bonds is 5. The fourth-order valence-electron chi connectivity index (χ4n) is 3.97. The summed E-state index contributed by atoms with van der Waals surface area (Å²) in [5.74, 6) is -0.451. The number of aryl methyl sites for hydroxylation is 1. The lowest BCUT2D eigenvalue weighted by Crippen LogP contribution is -2.39. The molecule has 1 aliphatic rings. The van der Waals surface area contributed by atoms with Gasteiger partial charge in [0.2, 0.25) is 0 Å². The van der Waals surface area contributed by atoms with Crippen LogP contribution >= 0.6 is 11.3 Å². The van der Waals surface area contributed by atoms with Gasteiger partial charge in [0.05, 0.1) is 28.5 Å². The van der Waals surface area contributed by atoms with Crippen molar-refractivity contribution in [3.63, 3.8) is 0 Å². The van der Waals surface area contributed by atoms with Gasteiger partial charge in [-0.15, -0.1) is 0 Å². The van der Waals surface area contributed by atoms with E-state index >= 15 is 0 Å². The summed E-state index contributed by atoms with van der Waals surface area (Å²) in [5, 5.41) is 0. The van der Waals surface area contributed by atoms with Crippen molar-refractivity contribution in [2.24, 2.45) is 4.99 Å². The number of nitrogens with zero attached hydrogens (tertiary/aromatic N) is 3. The number of thiazole rings is 1. The Kier molecular flexibility index (Phi) is 6.33. The number of anilines is 1. The van der Waals surface area contributed by atoms with Crippen molar-refractivity contribution < 1.29 is 9.53 Å². The molecular weight excluding hydrogens is 434 g/mol. The van der Waals surface area contributed by atoms with Crippen molar-refractivity contribution in [3.8, 4) is 0 Å². The zero-order valence-corrected chi connectivity index (χ0v) is 20.3. The third-order valence-electron chi connectivity index (χ3n) is 5.58. The van der Waals surface area contributed by atoms with Crippen molar-refractivity contribution in [1.29, 1.82) is 0 Å². The normalized spacial score (nSPS) is 15.8. The molecule has 0 saturated carbocycles. The predicted octanol–water partition coefficient (Wildman–Crippen LogP) is 3.17. The van der Waals surface area contributed by atoms with Gasteiger partial charge < -0.3 is 9.64 Å². The Morgan fingerprint density at radius 2 is 1.91 bits per heavy atom. The molecule has 170 valence electrons. The molecule has 33 heavy (non-hydrogen) atoms. The van der Waals surface area contributed by atoms with Gasteiger partial charge in [0.25, 0.3) is 5.56 Å². The van der Waals surface area contributed by atoms with Crippen LogP contribution in [-0.2, 0) is 9.53 Å². The Bertz CT molecular complexity index is 1410. The fourth-order valence-corrected chi connectivity index (χ4v) is 5.02. The molecule has 1 aromatic heterocycles. The van der Waals surface area contributed by atoms with E-state index in [1.54, 1.807) is 18.4 Å². The summed E-state index contributed by atoms with van der Waals surface area (Å²) < 4.78 is 7.55. The molecule has 1 atom stereocenters. The van der Waals surface area contributed by atoms with Crippen LogP contribution in [0.1, 0.15) is 36.6 Å². The Hall–Kier alpha value is -3.45. The average Bonchev–Trinajstić information content (AvgIpc) is 3.07. The van der Waals surface area contributed by atoms with E-state index in [0.717, 1.165) is 22.4 Å². The number of aromatic nitrogens is 1. The van der Waals surface area contributed by atoms with Crippen LogP contribution in [0.3, 0.4) is 0 Å². The van der Waals surface area contributed by atoms with Crippen LogP contribution in [0.4, 0.5) is 5.69 Å². The molecule has 3 aromatic rings. The van der Waals surface area contributed by atoms with Crippen LogP contribution < -0.4 is 19.8 Å². The highest BCUT2D eigenvalue weighted by atomic mass is 32.1. The summed E-state index contributed by atoms with van der Waals surface area (Å²) in [7, 11) is 3.94. The summed E-state index contributed by atoms with van der Waals surface area (Å²) >= 11 is 1.33. The SMILES string of the molecule is CCOC(=O)C1=C(C)N=c2s/c(=C\c3cccc(C)c3)c(=O)n2C1c1ccc(N(C)C)cc1. The van der Waals surface area contributed by atoms with E-state index in [0.29, 0.717) is 20.6 Å². The monoisotopic (exact) mass is 461 g/mol. The number of benzene rings is 2. The number of fused-ring (bicyclic) bond motifs is 1. The molecule has 2 heterocycles. The third kappa shape index (κ3) is 4.41. The number of carbonyl (C=O) groups excluding carboxylic acids is 1. The molecule has 1 unspecified atom stereocenters. The number of allylic oxidation sites excluding steroid dienone is 1. The molecule has 7 heteroatoms. The van der Waals surface area contributed by atoms with Crippen molar-refractivity contribution in [2.45, 2.75) is 26.8 Å². The quantitative estimate of drug-likeness (QED) is 0.548. The second-order valence-electron chi connectivity index (χ2n) is 8.20. The van der Waals surface area contributed by atoms with E-state index in [1.807, 2.05) is 80.5 Å². The summed E-state index contributed by atoms with van der Waals surface area (Å²) in [6.45, 7) is 5.84. The molecule has 0 saturated heterocycles. The first-order valence-corrected chi connectivity index (χ1v) is 11.7. The maximum absolute atomic E-state index is 13.6. The van der Waals surface area contributed by atoms with Crippen molar-refractivity contribution in [3.05, 3.63) is 96.2 Å². The number of carbonyl (C=O) groups is 1. The van der Waals surface area contributed by atoms with Gasteiger partial charge in [-0.2, -0.15) is 0 Å². The summed E-state index contributed by atoms with van der Waals surface area (Å²) in [6, 6.07) is 15.3. The van der Waals surface area contributed by atoms with E-state index in [-0.39, 0.29) is 12.2 Å². The van der Waals surface area contributed by atoms with Crippen molar-refractivity contribution >= 4 is 29.1 Å². The van der Waals surface area contributed by atoms with Gasteiger partial charge >= 0.3 is 5.97 Å². The van der Waals surface area contributed by atoms with E-state index < -0.39 is 12.0 Å². The molecular formula is C26H27N3O3S. The molecule has 0 aliphatic carbocycles. The van der Waals surface area contributed by atoms with Gasteiger partial charge in [0.1, 0.15) is 0 Å². The Morgan fingerprint density at radius 3 is 2.55 bits per heavy atom. The van der Waals surface area contributed by atoms with Crippen LogP contribution in [0.15, 0.2) is 69.6 Å². The van der Waals surface area contributed by atoms with Crippen molar-refractivity contribution in [1.82, 2.24) is 4.57 Å². The van der Waals surface area contributed by atoms with Crippen molar-refractivity contribution in [2.75, 3.05) is 25.6 Å². The van der Waals surface area contributed by atoms with Crippen LogP contribution in [-0.4, -0.2) is 31.2 Å². The highest BCUT2D eigenvalue weighted by Gasteiger charge is 2.33. The van der Waals surface area contributed by atoms with Gasteiger partial charge in [-0.1, -0.05) is 53.3 Å². The predicted molar refractivity (Wildman–Crippen MR) is 132 cm³/mol. The fraction of sp³-hybridized carbons (Fsp3) is 0.269. The first-order valence-electron chi connectivity index (χ1n) is 10.8. The highest BCUT2D eigenvalue weighted by molar-refractivity contribution is 7.07. The largest absolute Gasteiger partial charge is 0.463 e. The zero-order valence-electron chi connectivity index (χ0n) is 19.5. The maximum atomic E-state index is 13.6. The highest BCUT2D eigenvalue weighted by Crippen LogP contribution is 2.31. The van der Waals surface area contributed by atoms with E-state index in [4.69, 9.17) is 4.74 Å². The minimum Gasteiger partial charge on any atom is -0.463 e. The number of hydrogen-bond donors (Lipinski definition) is 0. The second kappa shape index (κ2) is 9.19. The summed E-state index contributed by atoms with van der Waals surface area (Å²) in [5.41, 5.74) is 4.73. The van der Waals surface area contributed by atoms with Gasteiger partial charge in [0, 0.05) is 19.8 Å². The Balaban J connectivity index is 1.94. The minimum absolute atomic E-state index is 0.170. The van der Waals surface area contributed by atoms with Crippen LogP contribution in [0.5, 0.6) is 0 Å². The molecule has 0 bridgehead atoms. The van der Waals surface area contributed by atoms with Crippen LogP contribution in [0, 0.1) is 6.92 Å². The Morgan fingerprint density at radius 1 is 1.18 bits per heavy atom. The third-order valence-corrected chi connectivity index (χ3v) is 6.57. The average molecular weight is 462 g/mol. The number of ether oxygens (including phenoxy) is 1. The van der Waals surface area contributed by atoms with E-state index in [9.17, 15) is 9.59 Å². The Labute approximate surface area is 196 Å². The van der Waals surface area contributed by atoms with Gasteiger partial charge in [0.15, 0.2) is 4.80 Å². The van der Waals surface area contributed by atoms with Crippen LogP contribution in [0.25, 0.3) is 6.08 Å². The van der Waals surface area contributed by atoms with Gasteiger partial charge in [-0.25, -0.2) is 9.79 Å². The molecule has 0 radical (unpaired) electrons. The molecule has 1 aliphatic heterocycles. The molecule has 0 N–H and O–H groups in total. The second-order valence-corrected chi connectivity index (χ2v) is 9.21. The maximum Gasteiger partial charge on any atom is 0.338 e. The lowest BCUT2D eigenvalue weighted by atomic mass is 9.95. The molecule has 0 spiro atoms. The molecule has 4 rings (SSSR count). The first-order chi connectivity index (χ1) is 15.8. The molecule has 6 nitrogen and oxygen atoms in total. The van der Waals surface area contributed by atoms with Gasteiger partial charge in [-0.3, -0.25) is 9.36 Å². The summed E-state index contributed by atoms with van der Waals surface area (Å²) in [4.78, 5) is 33.8. The standard InChI is InChI=1S/C26H27N3O3S/c1-6-32-25(31)22-17(3)27-26-29(23(22)19-10-12-20(13-11-19)28(4)5)24(30)21(33-26)15-18-9-7-8-16(2)14-18/h7-15,23H,6H2,1-5H3/b21-15-. The molecule has 0 fully saturated rings. The number of esters is 1. The van der Waals surface area contributed by atoms with Gasteiger partial charge in [-0.05, 0) is 50.1 Å². The summed E-state index contributed by atoms with van der Waals surface area (Å²) in [6.07, 6.45) is 1.88. The lowest BCUT2D eigenvalue weighted by Gasteiger charge is -2.25. The minimum atomic E-state index is -0.601. The van der Waals surface area contributed by atoms with E-state index in [2.05, 4.69) is 4.99 Å². The molecule has 0 amide bonds. The first kappa shape index (κ1) is 22.7. The van der Waals surface area contributed by atoms with Crippen LogP contribution in [0.2, 0.25) is 0 Å². The zero-order chi connectivity index (χ0) is 23.7.